The number of likely N-dealkylation sites (N-methyl/N-ethyl adjacent to an activating group) is 1. The van der Waals surface area contributed by atoms with Gasteiger partial charge in [-0.1, -0.05) is 36.4 Å². The number of esters is 2. The average Bonchev–Trinajstić information content (AvgIpc) is 2.87. The molecular formula is C22H23NO4. The first-order valence-electron chi connectivity index (χ1n) is 9.36. The van der Waals surface area contributed by atoms with Crippen LogP contribution < -0.4 is 0 Å². The van der Waals surface area contributed by atoms with Gasteiger partial charge in [0.2, 0.25) is 0 Å². The van der Waals surface area contributed by atoms with Gasteiger partial charge in [0.05, 0.1) is 17.2 Å². The van der Waals surface area contributed by atoms with Crippen molar-refractivity contribution < 1.29 is 19.1 Å². The minimum Gasteiger partial charge on any atom is -0.459 e. The number of piperidine rings is 1. The maximum absolute atomic E-state index is 12.4. The topological polar surface area (TPSA) is 55.8 Å². The Morgan fingerprint density at radius 1 is 0.815 bits per heavy atom. The molecule has 2 heterocycles. The number of fused-ring (bicyclic) bond motifs is 2. The van der Waals surface area contributed by atoms with Crippen molar-refractivity contribution in [3.8, 4) is 0 Å². The van der Waals surface area contributed by atoms with Crippen LogP contribution in [0.15, 0.2) is 60.7 Å². The van der Waals surface area contributed by atoms with E-state index >= 15 is 0 Å². The molecule has 0 saturated carbocycles. The molecule has 0 spiro atoms. The first-order valence-corrected chi connectivity index (χ1v) is 9.36. The van der Waals surface area contributed by atoms with Crippen molar-refractivity contribution in [2.24, 2.45) is 0 Å². The quantitative estimate of drug-likeness (QED) is 0.778. The normalized spacial score (nSPS) is 27.1. The summed E-state index contributed by atoms with van der Waals surface area (Å²) >= 11 is 0. The van der Waals surface area contributed by atoms with E-state index in [1.807, 2.05) is 36.4 Å². The highest BCUT2D eigenvalue weighted by atomic mass is 16.6. The zero-order valence-corrected chi connectivity index (χ0v) is 15.3. The standard InChI is InChI=1S/C22H23NO4/c1-23-17-12-18(26-21(24)15-8-4-2-5-9-15)14-19(23)20(13-17)27-22(25)16-10-6-3-7-11-16/h2-11,17-20H,12-14H2,1H3/t17?,18-,19?,20-/m0/s1. The van der Waals surface area contributed by atoms with Crippen LogP contribution >= 0.6 is 0 Å². The minimum atomic E-state index is -0.292. The van der Waals surface area contributed by atoms with Crippen LogP contribution in [-0.2, 0) is 9.47 Å². The van der Waals surface area contributed by atoms with E-state index in [0.717, 1.165) is 12.8 Å². The third-order valence-electron chi connectivity index (χ3n) is 5.62. The largest absolute Gasteiger partial charge is 0.459 e. The van der Waals surface area contributed by atoms with Gasteiger partial charge in [-0.2, -0.15) is 0 Å². The lowest BCUT2D eigenvalue weighted by Gasteiger charge is -2.36. The van der Waals surface area contributed by atoms with E-state index < -0.39 is 0 Å². The van der Waals surface area contributed by atoms with Crippen molar-refractivity contribution in [2.75, 3.05) is 7.05 Å². The maximum Gasteiger partial charge on any atom is 0.338 e. The molecule has 0 radical (unpaired) electrons. The monoisotopic (exact) mass is 365 g/mol. The van der Waals surface area contributed by atoms with Gasteiger partial charge in [-0.3, -0.25) is 4.90 Å². The van der Waals surface area contributed by atoms with Crippen LogP contribution in [-0.4, -0.2) is 48.2 Å². The summed E-state index contributed by atoms with van der Waals surface area (Å²) in [5.41, 5.74) is 1.13. The highest BCUT2D eigenvalue weighted by Gasteiger charge is 2.47. The number of carbonyl (C=O) groups excluding carboxylic acids is 2. The second-order valence-corrected chi connectivity index (χ2v) is 7.30. The maximum atomic E-state index is 12.4. The van der Waals surface area contributed by atoms with Gasteiger partial charge in [0, 0.05) is 25.3 Å². The molecule has 2 aliphatic rings. The summed E-state index contributed by atoms with van der Waals surface area (Å²) in [4.78, 5) is 27.0. The average molecular weight is 365 g/mol. The highest BCUT2D eigenvalue weighted by molar-refractivity contribution is 5.90. The van der Waals surface area contributed by atoms with Crippen molar-refractivity contribution in [1.29, 1.82) is 0 Å². The summed E-state index contributed by atoms with van der Waals surface area (Å²) in [5.74, 6) is -0.582. The van der Waals surface area contributed by atoms with Crippen molar-refractivity contribution in [2.45, 2.75) is 43.6 Å². The molecule has 0 N–H and O–H groups in total. The number of rotatable bonds is 4. The van der Waals surface area contributed by atoms with Crippen molar-refractivity contribution in [3.63, 3.8) is 0 Å². The number of ether oxygens (including phenoxy) is 2. The summed E-state index contributed by atoms with van der Waals surface area (Å²) in [5, 5.41) is 0. The summed E-state index contributed by atoms with van der Waals surface area (Å²) in [6.45, 7) is 0. The molecule has 2 unspecified atom stereocenters. The Labute approximate surface area is 158 Å². The molecule has 5 heteroatoms. The van der Waals surface area contributed by atoms with Crippen molar-refractivity contribution >= 4 is 11.9 Å². The molecular weight excluding hydrogens is 342 g/mol. The minimum absolute atomic E-state index is 0.0741. The van der Waals surface area contributed by atoms with Crippen LogP contribution in [0.5, 0.6) is 0 Å². The summed E-state index contributed by atoms with van der Waals surface area (Å²) < 4.78 is 11.5. The lowest BCUT2D eigenvalue weighted by Crippen LogP contribution is -2.46. The molecule has 2 aromatic carbocycles. The Balaban J connectivity index is 1.40. The Hall–Kier alpha value is -2.66. The van der Waals surface area contributed by atoms with Gasteiger partial charge >= 0.3 is 11.9 Å². The third-order valence-corrected chi connectivity index (χ3v) is 5.62. The number of carbonyl (C=O) groups is 2. The molecule has 0 aromatic heterocycles. The Kier molecular flexibility index (Phi) is 4.94. The number of nitrogens with zero attached hydrogens (tertiary/aromatic N) is 1. The van der Waals surface area contributed by atoms with Gasteiger partial charge in [0.1, 0.15) is 12.2 Å². The summed E-state index contributed by atoms with van der Waals surface area (Å²) in [6.07, 6.45) is 1.90. The number of hydrogen-bond acceptors (Lipinski definition) is 5. The van der Waals surface area contributed by atoms with E-state index in [1.54, 1.807) is 24.3 Å². The fourth-order valence-electron chi connectivity index (χ4n) is 4.17. The molecule has 2 fully saturated rings. The zero-order valence-electron chi connectivity index (χ0n) is 15.3. The first-order chi connectivity index (χ1) is 13.1. The van der Waals surface area contributed by atoms with Crippen LogP contribution in [0, 0.1) is 0 Å². The SMILES string of the molecule is CN1C2C[C@H](OC(=O)c3ccccc3)CC1[C@@H](OC(=O)c1ccccc1)C2. The first kappa shape index (κ1) is 17.7. The van der Waals surface area contributed by atoms with Gasteiger partial charge in [-0.15, -0.1) is 0 Å². The van der Waals surface area contributed by atoms with Crippen LogP contribution in [0.25, 0.3) is 0 Å². The molecule has 4 atom stereocenters. The third kappa shape index (κ3) is 3.74. The van der Waals surface area contributed by atoms with E-state index in [-0.39, 0.29) is 36.2 Å². The number of benzene rings is 2. The second kappa shape index (κ2) is 7.53. The molecule has 4 rings (SSSR count). The van der Waals surface area contributed by atoms with Crippen LogP contribution in [0.1, 0.15) is 40.0 Å². The van der Waals surface area contributed by atoms with E-state index in [9.17, 15) is 9.59 Å². The van der Waals surface area contributed by atoms with Gasteiger partial charge in [-0.25, -0.2) is 9.59 Å². The molecule has 2 bridgehead atoms. The number of hydrogen-bond donors (Lipinski definition) is 0. The molecule has 27 heavy (non-hydrogen) atoms. The van der Waals surface area contributed by atoms with Crippen LogP contribution in [0.2, 0.25) is 0 Å². The zero-order chi connectivity index (χ0) is 18.8. The van der Waals surface area contributed by atoms with E-state index in [0.29, 0.717) is 17.5 Å². The molecule has 5 nitrogen and oxygen atoms in total. The fraction of sp³-hybridized carbons (Fsp3) is 0.364. The molecule has 0 aliphatic carbocycles. The molecule has 140 valence electrons. The highest BCUT2D eigenvalue weighted by Crippen LogP contribution is 2.38. The lowest BCUT2D eigenvalue weighted by atomic mass is 10.00. The van der Waals surface area contributed by atoms with Crippen LogP contribution in [0.3, 0.4) is 0 Å². The lowest BCUT2D eigenvalue weighted by molar-refractivity contribution is -0.0152. The van der Waals surface area contributed by atoms with E-state index in [4.69, 9.17) is 9.47 Å². The molecule has 2 aromatic rings. The summed E-state index contributed by atoms with van der Waals surface area (Å²) in [7, 11) is 2.06. The molecule has 2 saturated heterocycles. The predicted molar refractivity (Wildman–Crippen MR) is 100 cm³/mol. The Morgan fingerprint density at radius 2 is 1.37 bits per heavy atom. The smallest absolute Gasteiger partial charge is 0.338 e. The van der Waals surface area contributed by atoms with Gasteiger partial charge < -0.3 is 9.47 Å². The van der Waals surface area contributed by atoms with Gasteiger partial charge in [0.25, 0.3) is 0 Å². The Bertz CT molecular complexity index is 806. The predicted octanol–water partition coefficient (Wildman–Crippen LogP) is 3.30. The fourth-order valence-corrected chi connectivity index (χ4v) is 4.17. The van der Waals surface area contributed by atoms with E-state index in [2.05, 4.69) is 11.9 Å². The van der Waals surface area contributed by atoms with Crippen molar-refractivity contribution in [3.05, 3.63) is 71.8 Å². The summed E-state index contributed by atoms with van der Waals surface area (Å²) in [6, 6.07) is 18.4. The Morgan fingerprint density at radius 3 is 1.96 bits per heavy atom. The molecule has 0 amide bonds. The van der Waals surface area contributed by atoms with Crippen molar-refractivity contribution in [1.82, 2.24) is 4.90 Å². The molecule has 2 aliphatic heterocycles. The van der Waals surface area contributed by atoms with Crippen LogP contribution in [0.4, 0.5) is 0 Å². The van der Waals surface area contributed by atoms with Gasteiger partial charge in [0.15, 0.2) is 0 Å². The van der Waals surface area contributed by atoms with E-state index in [1.165, 1.54) is 0 Å². The van der Waals surface area contributed by atoms with Gasteiger partial charge in [-0.05, 0) is 31.3 Å². The second-order valence-electron chi connectivity index (χ2n) is 7.30.